The fraction of sp³-hybridized carbons (Fsp3) is 0.500. The molecular formula is C18H25NO2S. The van der Waals surface area contributed by atoms with Crippen molar-refractivity contribution in [1.82, 2.24) is 4.98 Å². The average Bonchev–Trinajstić information content (AvgIpc) is 2.96. The van der Waals surface area contributed by atoms with Crippen LogP contribution in [-0.2, 0) is 12.8 Å². The van der Waals surface area contributed by atoms with Crippen LogP contribution in [0.2, 0.25) is 0 Å². The molecule has 0 saturated carbocycles. The smallest absolute Gasteiger partial charge is 0.160 e. The molecule has 0 fully saturated rings. The largest absolute Gasteiger partial charge is 0.493 e. The van der Waals surface area contributed by atoms with E-state index in [1.165, 1.54) is 24.1 Å². The van der Waals surface area contributed by atoms with Crippen LogP contribution in [0.15, 0.2) is 23.6 Å². The Labute approximate surface area is 137 Å². The molecular weight excluding hydrogens is 294 g/mol. The van der Waals surface area contributed by atoms with Crippen molar-refractivity contribution in [2.24, 2.45) is 5.92 Å². The summed E-state index contributed by atoms with van der Waals surface area (Å²) in [5.74, 6) is 2.29. The molecule has 0 aliphatic rings. The number of hydrogen-bond donors (Lipinski definition) is 0. The van der Waals surface area contributed by atoms with E-state index >= 15 is 0 Å². The number of aryl methyl sites for hydroxylation is 3. The number of methoxy groups -OCH3 is 2. The van der Waals surface area contributed by atoms with Gasteiger partial charge in [0.15, 0.2) is 11.5 Å². The SMILES string of the molecule is COc1ccc(CCC(C)CCc2csc(C)n2)cc1OC. The van der Waals surface area contributed by atoms with Crippen LogP contribution in [-0.4, -0.2) is 19.2 Å². The Morgan fingerprint density at radius 1 is 1.09 bits per heavy atom. The summed E-state index contributed by atoms with van der Waals surface area (Å²) in [4.78, 5) is 4.53. The Kier molecular flexibility index (Phi) is 6.25. The van der Waals surface area contributed by atoms with Crippen molar-refractivity contribution in [3.8, 4) is 11.5 Å². The van der Waals surface area contributed by atoms with Crippen molar-refractivity contribution in [3.63, 3.8) is 0 Å². The molecule has 22 heavy (non-hydrogen) atoms. The van der Waals surface area contributed by atoms with Crippen molar-refractivity contribution in [3.05, 3.63) is 39.8 Å². The van der Waals surface area contributed by atoms with Crippen molar-refractivity contribution in [2.75, 3.05) is 14.2 Å². The second-order valence-corrected chi connectivity index (χ2v) is 6.79. The number of aromatic nitrogens is 1. The van der Waals surface area contributed by atoms with Crippen molar-refractivity contribution in [1.29, 1.82) is 0 Å². The third-order valence-electron chi connectivity index (χ3n) is 3.93. The number of benzene rings is 1. The van der Waals surface area contributed by atoms with Crippen LogP contribution >= 0.6 is 11.3 Å². The first-order valence-corrected chi connectivity index (χ1v) is 8.62. The van der Waals surface area contributed by atoms with Gasteiger partial charge in [-0.15, -0.1) is 11.3 Å². The van der Waals surface area contributed by atoms with Gasteiger partial charge in [0.05, 0.1) is 24.9 Å². The van der Waals surface area contributed by atoms with Gasteiger partial charge < -0.3 is 9.47 Å². The number of nitrogens with zero attached hydrogens (tertiary/aromatic N) is 1. The fourth-order valence-electron chi connectivity index (χ4n) is 2.51. The van der Waals surface area contributed by atoms with Crippen LogP contribution in [0, 0.1) is 12.8 Å². The predicted octanol–water partition coefficient (Wildman–Crippen LogP) is 4.67. The summed E-state index contributed by atoms with van der Waals surface area (Å²) in [5.41, 5.74) is 2.54. The molecule has 3 nitrogen and oxygen atoms in total. The lowest BCUT2D eigenvalue weighted by atomic mass is 9.96. The quantitative estimate of drug-likeness (QED) is 0.708. The number of ether oxygens (including phenoxy) is 2. The summed E-state index contributed by atoms with van der Waals surface area (Å²) in [6.07, 6.45) is 4.52. The zero-order valence-electron chi connectivity index (χ0n) is 13.9. The Bertz CT molecular complexity index is 595. The highest BCUT2D eigenvalue weighted by atomic mass is 32.1. The number of hydrogen-bond acceptors (Lipinski definition) is 4. The lowest BCUT2D eigenvalue weighted by molar-refractivity contribution is 0.354. The summed E-state index contributed by atoms with van der Waals surface area (Å²) in [7, 11) is 3.35. The molecule has 0 N–H and O–H groups in total. The third kappa shape index (κ3) is 4.73. The third-order valence-corrected chi connectivity index (χ3v) is 4.76. The van der Waals surface area contributed by atoms with Gasteiger partial charge in [-0.2, -0.15) is 0 Å². The fourth-order valence-corrected chi connectivity index (χ4v) is 3.16. The lowest BCUT2D eigenvalue weighted by Gasteiger charge is -2.12. The van der Waals surface area contributed by atoms with Gasteiger partial charge in [0, 0.05) is 5.38 Å². The molecule has 0 radical (unpaired) electrons. The maximum atomic E-state index is 5.36. The van der Waals surface area contributed by atoms with Gasteiger partial charge >= 0.3 is 0 Å². The van der Waals surface area contributed by atoms with E-state index in [1.54, 1.807) is 25.6 Å². The first kappa shape index (κ1) is 16.8. The first-order chi connectivity index (χ1) is 10.6. The van der Waals surface area contributed by atoms with E-state index in [0.29, 0.717) is 5.92 Å². The number of rotatable bonds is 8. The zero-order valence-corrected chi connectivity index (χ0v) is 14.7. The van der Waals surface area contributed by atoms with Gasteiger partial charge in [-0.25, -0.2) is 4.98 Å². The van der Waals surface area contributed by atoms with Crippen LogP contribution in [0.25, 0.3) is 0 Å². The minimum Gasteiger partial charge on any atom is -0.493 e. The highest BCUT2D eigenvalue weighted by Crippen LogP contribution is 2.28. The van der Waals surface area contributed by atoms with E-state index in [9.17, 15) is 0 Å². The molecule has 0 spiro atoms. The molecule has 120 valence electrons. The molecule has 0 aliphatic heterocycles. The van der Waals surface area contributed by atoms with E-state index in [2.05, 4.69) is 36.3 Å². The monoisotopic (exact) mass is 319 g/mol. The summed E-state index contributed by atoms with van der Waals surface area (Å²) < 4.78 is 10.6. The second kappa shape index (κ2) is 8.18. The van der Waals surface area contributed by atoms with E-state index in [0.717, 1.165) is 29.3 Å². The molecule has 4 heteroatoms. The van der Waals surface area contributed by atoms with Gasteiger partial charge in [-0.05, 0) is 56.2 Å². The Morgan fingerprint density at radius 3 is 2.45 bits per heavy atom. The molecule has 1 atom stereocenters. The average molecular weight is 319 g/mol. The molecule has 0 aliphatic carbocycles. The Morgan fingerprint density at radius 2 is 1.82 bits per heavy atom. The first-order valence-electron chi connectivity index (χ1n) is 7.74. The van der Waals surface area contributed by atoms with E-state index in [-0.39, 0.29) is 0 Å². The predicted molar refractivity (Wildman–Crippen MR) is 92.2 cm³/mol. The van der Waals surface area contributed by atoms with Crippen LogP contribution in [0.4, 0.5) is 0 Å². The maximum Gasteiger partial charge on any atom is 0.160 e. The highest BCUT2D eigenvalue weighted by molar-refractivity contribution is 7.09. The Balaban J connectivity index is 1.81. The molecule has 0 amide bonds. The van der Waals surface area contributed by atoms with Gasteiger partial charge in [-0.3, -0.25) is 0 Å². The normalized spacial score (nSPS) is 12.2. The minimum absolute atomic E-state index is 0.690. The highest BCUT2D eigenvalue weighted by Gasteiger charge is 2.08. The lowest BCUT2D eigenvalue weighted by Crippen LogP contribution is -2.01. The molecule has 1 unspecified atom stereocenters. The summed E-state index contributed by atoms with van der Waals surface area (Å²) in [6, 6.07) is 6.18. The van der Waals surface area contributed by atoms with Gasteiger partial charge in [0.25, 0.3) is 0 Å². The summed E-state index contributed by atoms with van der Waals surface area (Å²) in [5, 5.41) is 3.34. The second-order valence-electron chi connectivity index (χ2n) is 5.73. The molecule has 2 rings (SSSR count). The number of thiazole rings is 1. The van der Waals surface area contributed by atoms with E-state index < -0.39 is 0 Å². The maximum absolute atomic E-state index is 5.36. The minimum atomic E-state index is 0.690. The van der Waals surface area contributed by atoms with Crippen LogP contribution < -0.4 is 9.47 Å². The Hall–Kier alpha value is -1.55. The van der Waals surface area contributed by atoms with Crippen LogP contribution in [0.5, 0.6) is 11.5 Å². The molecule has 1 heterocycles. The molecule has 0 saturated heterocycles. The van der Waals surface area contributed by atoms with Crippen LogP contribution in [0.1, 0.15) is 36.0 Å². The van der Waals surface area contributed by atoms with Crippen molar-refractivity contribution in [2.45, 2.75) is 39.5 Å². The van der Waals surface area contributed by atoms with Gasteiger partial charge in [0.1, 0.15) is 0 Å². The standard InChI is InChI=1S/C18H25NO2S/c1-13(6-9-16-12-22-14(2)19-16)5-7-15-8-10-17(20-3)18(11-15)21-4/h8,10-13H,5-7,9H2,1-4H3. The van der Waals surface area contributed by atoms with Crippen LogP contribution in [0.3, 0.4) is 0 Å². The topological polar surface area (TPSA) is 31.4 Å². The van der Waals surface area contributed by atoms with Gasteiger partial charge in [-0.1, -0.05) is 13.0 Å². The molecule has 1 aromatic heterocycles. The van der Waals surface area contributed by atoms with E-state index in [4.69, 9.17) is 9.47 Å². The molecule has 0 bridgehead atoms. The van der Waals surface area contributed by atoms with Crippen molar-refractivity contribution >= 4 is 11.3 Å². The van der Waals surface area contributed by atoms with Crippen molar-refractivity contribution < 1.29 is 9.47 Å². The summed E-state index contributed by atoms with van der Waals surface area (Å²) >= 11 is 1.74. The molecule has 1 aromatic carbocycles. The van der Waals surface area contributed by atoms with E-state index in [1.807, 2.05) is 6.07 Å². The zero-order chi connectivity index (χ0) is 15.9. The molecule has 2 aromatic rings. The van der Waals surface area contributed by atoms with Gasteiger partial charge in [0.2, 0.25) is 0 Å². The summed E-state index contributed by atoms with van der Waals surface area (Å²) in [6.45, 7) is 4.38.